The Labute approximate surface area is 148 Å². The lowest BCUT2D eigenvalue weighted by atomic mass is 10.1. The quantitative estimate of drug-likeness (QED) is 0.768. The minimum atomic E-state index is -0.187. The molecule has 0 bridgehead atoms. The number of hydrogen-bond acceptors (Lipinski definition) is 4. The molecule has 1 amide bonds. The monoisotopic (exact) mass is 343 g/mol. The number of carbonyl (C=O) groups excluding carboxylic acids is 1. The molecule has 0 heterocycles. The summed E-state index contributed by atoms with van der Waals surface area (Å²) in [5.74, 6) is 1.34. The molecule has 1 unspecified atom stereocenters. The second kappa shape index (κ2) is 8.97. The maximum Gasteiger partial charge on any atom is 0.225 e. The highest BCUT2D eigenvalue weighted by molar-refractivity contribution is 5.79. The molecule has 2 N–H and O–H groups in total. The molecule has 25 heavy (non-hydrogen) atoms. The van der Waals surface area contributed by atoms with Crippen LogP contribution in [0.1, 0.15) is 37.9 Å². The average molecular weight is 343 g/mol. The zero-order valence-electron chi connectivity index (χ0n) is 14.9. The number of para-hydroxylation sites is 1. The van der Waals surface area contributed by atoms with Crippen LogP contribution in [0.25, 0.3) is 0 Å². The number of rotatable bonds is 8. The second-order valence-electron chi connectivity index (χ2n) is 5.67. The van der Waals surface area contributed by atoms with Crippen LogP contribution in [0.15, 0.2) is 42.5 Å². The van der Waals surface area contributed by atoms with Gasteiger partial charge in [-0.05, 0) is 44.5 Å². The van der Waals surface area contributed by atoms with E-state index in [1.54, 1.807) is 24.3 Å². The van der Waals surface area contributed by atoms with Crippen molar-refractivity contribution < 1.29 is 19.4 Å². The molecule has 0 aliphatic rings. The van der Waals surface area contributed by atoms with E-state index < -0.39 is 0 Å². The zero-order chi connectivity index (χ0) is 18.2. The first-order valence-electron chi connectivity index (χ1n) is 8.50. The summed E-state index contributed by atoms with van der Waals surface area (Å²) in [5, 5.41) is 12.7. The average Bonchev–Trinajstić information content (AvgIpc) is 2.59. The number of aromatic hydroxyl groups is 1. The minimum absolute atomic E-state index is 0.130. The van der Waals surface area contributed by atoms with Gasteiger partial charge in [-0.15, -0.1) is 0 Å². The van der Waals surface area contributed by atoms with E-state index in [1.165, 1.54) is 0 Å². The van der Waals surface area contributed by atoms with Crippen molar-refractivity contribution in [2.24, 2.45) is 0 Å². The van der Waals surface area contributed by atoms with Gasteiger partial charge in [-0.25, -0.2) is 0 Å². The van der Waals surface area contributed by atoms with Crippen molar-refractivity contribution in [2.45, 2.75) is 33.2 Å². The molecule has 5 heteroatoms. The number of amides is 1. The molecular weight excluding hydrogens is 318 g/mol. The van der Waals surface area contributed by atoms with Crippen LogP contribution < -0.4 is 14.8 Å². The van der Waals surface area contributed by atoms with Crippen molar-refractivity contribution in [2.75, 3.05) is 13.2 Å². The predicted octanol–water partition coefficient (Wildman–Crippen LogP) is 3.61. The van der Waals surface area contributed by atoms with Crippen LogP contribution in [0.3, 0.4) is 0 Å². The summed E-state index contributed by atoms with van der Waals surface area (Å²) in [5.41, 5.74) is 1.53. The molecular formula is C20H25NO4. The number of carbonyl (C=O) groups is 1. The van der Waals surface area contributed by atoms with Gasteiger partial charge in [-0.3, -0.25) is 4.79 Å². The van der Waals surface area contributed by atoms with E-state index in [9.17, 15) is 9.90 Å². The first-order chi connectivity index (χ1) is 12.0. The molecule has 134 valence electrons. The fraction of sp³-hybridized carbons (Fsp3) is 0.350. The highest BCUT2D eigenvalue weighted by atomic mass is 16.5. The van der Waals surface area contributed by atoms with Crippen molar-refractivity contribution in [1.29, 1.82) is 0 Å². The molecule has 0 fully saturated rings. The molecule has 0 aromatic heterocycles. The summed E-state index contributed by atoms with van der Waals surface area (Å²) in [6.07, 6.45) is 0.131. The smallest absolute Gasteiger partial charge is 0.225 e. The number of phenols is 1. The molecule has 2 rings (SSSR count). The minimum Gasteiger partial charge on any atom is -0.508 e. The maximum absolute atomic E-state index is 12.3. The summed E-state index contributed by atoms with van der Waals surface area (Å²) < 4.78 is 11.2. The topological polar surface area (TPSA) is 67.8 Å². The van der Waals surface area contributed by atoms with Gasteiger partial charge in [0.25, 0.3) is 0 Å². The van der Waals surface area contributed by atoms with E-state index in [4.69, 9.17) is 9.47 Å². The highest BCUT2D eigenvalue weighted by Crippen LogP contribution is 2.30. The van der Waals surface area contributed by atoms with Crippen LogP contribution in [0.2, 0.25) is 0 Å². The van der Waals surface area contributed by atoms with Gasteiger partial charge in [0, 0.05) is 5.56 Å². The second-order valence-corrected chi connectivity index (χ2v) is 5.67. The van der Waals surface area contributed by atoms with Gasteiger partial charge in [0.2, 0.25) is 5.91 Å². The summed E-state index contributed by atoms with van der Waals surface area (Å²) >= 11 is 0. The number of ether oxygens (including phenoxy) is 2. The zero-order valence-corrected chi connectivity index (χ0v) is 14.9. The van der Waals surface area contributed by atoms with Crippen LogP contribution in [-0.4, -0.2) is 24.2 Å². The van der Waals surface area contributed by atoms with Crippen molar-refractivity contribution in [1.82, 2.24) is 5.32 Å². The highest BCUT2D eigenvalue weighted by Gasteiger charge is 2.14. The van der Waals surface area contributed by atoms with Crippen molar-refractivity contribution in [3.8, 4) is 17.2 Å². The molecule has 0 aliphatic carbocycles. The number of phenolic OH excluding ortho intramolecular Hbond substituents is 1. The van der Waals surface area contributed by atoms with E-state index in [0.29, 0.717) is 30.3 Å². The Bertz CT molecular complexity index is 715. The Morgan fingerprint density at radius 3 is 2.44 bits per heavy atom. The molecule has 5 nitrogen and oxygen atoms in total. The third kappa shape index (κ3) is 5.14. The molecule has 2 aromatic carbocycles. The molecule has 0 radical (unpaired) electrons. The first-order valence-corrected chi connectivity index (χ1v) is 8.50. The molecule has 0 saturated carbocycles. The van der Waals surface area contributed by atoms with Crippen molar-refractivity contribution in [3.05, 3.63) is 53.6 Å². The SMILES string of the molecule is CCOc1ccc(C(C)NC(=O)Cc2ccccc2O)cc1OCC. The lowest BCUT2D eigenvalue weighted by Crippen LogP contribution is -2.28. The lowest BCUT2D eigenvalue weighted by molar-refractivity contribution is -0.121. The summed E-state index contributed by atoms with van der Waals surface area (Å²) in [7, 11) is 0. The van der Waals surface area contributed by atoms with Gasteiger partial charge < -0.3 is 19.9 Å². The van der Waals surface area contributed by atoms with E-state index in [0.717, 1.165) is 5.56 Å². The number of hydrogen-bond donors (Lipinski definition) is 2. The van der Waals surface area contributed by atoms with Crippen LogP contribution in [-0.2, 0) is 11.2 Å². The summed E-state index contributed by atoms with van der Waals surface area (Å²) in [4.78, 5) is 12.3. The lowest BCUT2D eigenvalue weighted by Gasteiger charge is -2.17. The van der Waals surface area contributed by atoms with Gasteiger partial charge in [0.1, 0.15) is 5.75 Å². The Morgan fingerprint density at radius 1 is 1.08 bits per heavy atom. The molecule has 1 atom stereocenters. The fourth-order valence-electron chi connectivity index (χ4n) is 2.55. The van der Waals surface area contributed by atoms with Gasteiger partial charge in [-0.2, -0.15) is 0 Å². The standard InChI is InChI=1S/C20H25NO4/c1-4-24-18-11-10-15(12-19(18)25-5-2)14(3)21-20(23)13-16-8-6-7-9-17(16)22/h6-12,14,22H,4-5,13H2,1-3H3,(H,21,23). The third-order valence-electron chi connectivity index (χ3n) is 3.79. The summed E-state index contributed by atoms with van der Waals surface area (Å²) in [6.45, 7) is 6.85. The van der Waals surface area contributed by atoms with Crippen LogP contribution in [0.5, 0.6) is 17.2 Å². The van der Waals surface area contributed by atoms with Crippen LogP contribution >= 0.6 is 0 Å². The van der Waals surface area contributed by atoms with Crippen molar-refractivity contribution >= 4 is 5.91 Å². The largest absolute Gasteiger partial charge is 0.508 e. The number of nitrogens with one attached hydrogen (secondary N) is 1. The fourth-order valence-corrected chi connectivity index (χ4v) is 2.55. The molecule has 2 aromatic rings. The van der Waals surface area contributed by atoms with E-state index in [1.807, 2.05) is 39.0 Å². The maximum atomic E-state index is 12.3. The Kier molecular flexibility index (Phi) is 6.69. The van der Waals surface area contributed by atoms with Crippen LogP contribution in [0.4, 0.5) is 0 Å². The van der Waals surface area contributed by atoms with E-state index >= 15 is 0 Å². The third-order valence-corrected chi connectivity index (χ3v) is 3.79. The Balaban J connectivity index is 2.06. The number of benzene rings is 2. The van der Waals surface area contributed by atoms with Crippen molar-refractivity contribution in [3.63, 3.8) is 0 Å². The molecule has 0 aliphatic heterocycles. The molecule has 0 spiro atoms. The van der Waals surface area contributed by atoms with Crippen LogP contribution in [0, 0.1) is 0 Å². The summed E-state index contributed by atoms with van der Waals surface area (Å²) in [6, 6.07) is 12.3. The predicted molar refractivity (Wildman–Crippen MR) is 97.1 cm³/mol. The molecule has 0 saturated heterocycles. The Morgan fingerprint density at radius 2 is 1.76 bits per heavy atom. The van der Waals surface area contributed by atoms with E-state index in [-0.39, 0.29) is 24.1 Å². The normalized spacial score (nSPS) is 11.6. The van der Waals surface area contributed by atoms with Gasteiger partial charge >= 0.3 is 0 Å². The van der Waals surface area contributed by atoms with E-state index in [2.05, 4.69) is 5.32 Å². The van der Waals surface area contributed by atoms with Gasteiger partial charge in [0.05, 0.1) is 25.7 Å². The van der Waals surface area contributed by atoms with Gasteiger partial charge in [0.15, 0.2) is 11.5 Å². The van der Waals surface area contributed by atoms with Gasteiger partial charge in [-0.1, -0.05) is 24.3 Å². The Hall–Kier alpha value is -2.69. The first kappa shape index (κ1) is 18.6.